The van der Waals surface area contributed by atoms with Crippen molar-refractivity contribution in [1.82, 2.24) is 20.7 Å². The van der Waals surface area contributed by atoms with Gasteiger partial charge in [0.2, 0.25) is 0 Å². The highest BCUT2D eigenvalue weighted by Gasteiger charge is 2.17. The van der Waals surface area contributed by atoms with Crippen LogP contribution in [0.25, 0.3) is 0 Å². The molecule has 0 unspecified atom stereocenters. The summed E-state index contributed by atoms with van der Waals surface area (Å²) in [7, 11) is 1.78. The van der Waals surface area contributed by atoms with E-state index in [0.29, 0.717) is 12.5 Å². The fourth-order valence-corrected chi connectivity index (χ4v) is 3.67. The maximum Gasteiger partial charge on any atom is 0.191 e. The lowest BCUT2D eigenvalue weighted by Gasteiger charge is -2.36. The Bertz CT molecular complexity index is 813. The van der Waals surface area contributed by atoms with E-state index in [4.69, 9.17) is 16.1 Å². The number of hydrogen-bond donors (Lipinski definition) is 2. The monoisotopic (exact) mass is 432 g/mol. The second-order valence-corrected chi connectivity index (χ2v) is 8.32. The zero-order chi connectivity index (χ0) is 21.3. The van der Waals surface area contributed by atoms with E-state index < -0.39 is 0 Å². The number of aliphatic imine (C=N–C) groups is 1. The van der Waals surface area contributed by atoms with Gasteiger partial charge in [-0.05, 0) is 37.1 Å². The third kappa shape index (κ3) is 6.64. The van der Waals surface area contributed by atoms with E-state index in [0.717, 1.165) is 68.1 Å². The van der Waals surface area contributed by atoms with Crippen LogP contribution in [-0.2, 0) is 6.54 Å². The van der Waals surface area contributed by atoms with Gasteiger partial charge in [0.1, 0.15) is 0 Å². The first-order valence-corrected chi connectivity index (χ1v) is 11.1. The highest BCUT2D eigenvalue weighted by atomic mass is 35.5. The van der Waals surface area contributed by atoms with Gasteiger partial charge in [0.15, 0.2) is 11.7 Å². The molecule has 1 aliphatic heterocycles. The van der Waals surface area contributed by atoms with Crippen molar-refractivity contribution in [3.8, 4) is 0 Å². The standard InChI is InChI=1S/C22H33ClN6O/c1-17(2)21-15-20(30-27-21)16-26-22(24-3)25-8-5-9-28-10-12-29(13-11-28)19-7-4-6-18(23)14-19/h4,6-7,14-15,17H,5,8-13,16H2,1-3H3,(H2,24,25,26). The van der Waals surface area contributed by atoms with Crippen molar-refractivity contribution in [3.05, 3.63) is 46.8 Å². The summed E-state index contributed by atoms with van der Waals surface area (Å²) in [6, 6.07) is 10.1. The highest BCUT2D eigenvalue weighted by molar-refractivity contribution is 6.30. The molecule has 1 saturated heterocycles. The molecule has 0 radical (unpaired) electrons. The third-order valence-electron chi connectivity index (χ3n) is 5.31. The Morgan fingerprint density at radius 1 is 1.20 bits per heavy atom. The summed E-state index contributed by atoms with van der Waals surface area (Å²) >= 11 is 6.12. The van der Waals surface area contributed by atoms with Gasteiger partial charge in [-0.2, -0.15) is 0 Å². The summed E-state index contributed by atoms with van der Waals surface area (Å²) < 4.78 is 5.36. The van der Waals surface area contributed by atoms with Crippen molar-refractivity contribution in [1.29, 1.82) is 0 Å². The first-order chi connectivity index (χ1) is 14.5. The topological polar surface area (TPSA) is 68.9 Å². The van der Waals surface area contributed by atoms with Gasteiger partial charge in [-0.3, -0.25) is 9.89 Å². The molecular weight excluding hydrogens is 400 g/mol. The molecule has 7 nitrogen and oxygen atoms in total. The molecule has 0 amide bonds. The fourth-order valence-electron chi connectivity index (χ4n) is 3.49. The number of aromatic nitrogens is 1. The van der Waals surface area contributed by atoms with E-state index in [2.05, 4.69) is 50.5 Å². The van der Waals surface area contributed by atoms with Gasteiger partial charge in [-0.1, -0.05) is 36.7 Å². The molecular formula is C22H33ClN6O. The summed E-state index contributed by atoms with van der Waals surface area (Å²) in [5.41, 5.74) is 2.19. The number of nitrogens with zero attached hydrogens (tertiary/aromatic N) is 4. The highest BCUT2D eigenvalue weighted by Crippen LogP contribution is 2.20. The molecule has 164 valence electrons. The lowest BCUT2D eigenvalue weighted by molar-refractivity contribution is 0.255. The summed E-state index contributed by atoms with van der Waals surface area (Å²) in [6.07, 6.45) is 1.07. The van der Waals surface area contributed by atoms with Gasteiger partial charge in [0.05, 0.1) is 12.2 Å². The first kappa shape index (κ1) is 22.4. The molecule has 1 aromatic heterocycles. The van der Waals surface area contributed by atoms with Crippen molar-refractivity contribution in [2.24, 2.45) is 4.99 Å². The number of rotatable bonds is 8. The first-order valence-electron chi connectivity index (χ1n) is 10.7. The number of halogens is 1. The van der Waals surface area contributed by atoms with Crippen LogP contribution in [-0.4, -0.2) is 62.3 Å². The smallest absolute Gasteiger partial charge is 0.191 e. The van der Waals surface area contributed by atoms with Crippen molar-refractivity contribution >= 4 is 23.2 Å². The Kier molecular flexibility index (Phi) is 8.39. The van der Waals surface area contributed by atoms with E-state index in [-0.39, 0.29) is 0 Å². The van der Waals surface area contributed by atoms with Crippen LogP contribution in [0.4, 0.5) is 5.69 Å². The van der Waals surface area contributed by atoms with Crippen LogP contribution >= 0.6 is 11.6 Å². The van der Waals surface area contributed by atoms with E-state index >= 15 is 0 Å². The molecule has 1 aromatic carbocycles. The Hall–Kier alpha value is -2.25. The predicted octanol–water partition coefficient (Wildman–Crippen LogP) is 3.33. The molecule has 2 heterocycles. The van der Waals surface area contributed by atoms with Crippen LogP contribution in [0.3, 0.4) is 0 Å². The summed E-state index contributed by atoms with van der Waals surface area (Å²) in [5, 5.41) is 11.5. The van der Waals surface area contributed by atoms with Crippen molar-refractivity contribution in [2.45, 2.75) is 32.7 Å². The molecule has 8 heteroatoms. The number of piperazine rings is 1. The number of benzene rings is 1. The minimum absolute atomic E-state index is 0.368. The van der Waals surface area contributed by atoms with Crippen LogP contribution in [0, 0.1) is 0 Å². The van der Waals surface area contributed by atoms with E-state index in [1.807, 2.05) is 24.3 Å². The molecule has 2 aromatic rings. The number of hydrogen-bond acceptors (Lipinski definition) is 5. The van der Waals surface area contributed by atoms with Crippen LogP contribution < -0.4 is 15.5 Å². The molecule has 1 fully saturated rings. The zero-order valence-corrected chi connectivity index (χ0v) is 19.0. The maximum absolute atomic E-state index is 6.12. The summed E-state index contributed by atoms with van der Waals surface area (Å²) in [5.74, 6) is 1.97. The Morgan fingerprint density at radius 2 is 2.00 bits per heavy atom. The average Bonchev–Trinajstić information content (AvgIpc) is 3.23. The SMILES string of the molecule is CN=C(NCCCN1CCN(c2cccc(Cl)c2)CC1)NCc1cc(C(C)C)no1. The normalized spacial score (nSPS) is 15.6. The van der Waals surface area contributed by atoms with Crippen LogP contribution in [0.5, 0.6) is 0 Å². The van der Waals surface area contributed by atoms with Gasteiger partial charge < -0.3 is 20.1 Å². The Balaban J connectivity index is 1.31. The average molecular weight is 433 g/mol. The van der Waals surface area contributed by atoms with E-state index in [9.17, 15) is 0 Å². The second kappa shape index (κ2) is 11.2. The van der Waals surface area contributed by atoms with E-state index in [1.54, 1.807) is 7.05 Å². The number of nitrogens with one attached hydrogen (secondary N) is 2. The molecule has 3 rings (SSSR count). The molecule has 0 bridgehead atoms. The molecule has 0 aliphatic carbocycles. The fraction of sp³-hybridized carbons (Fsp3) is 0.545. The largest absolute Gasteiger partial charge is 0.369 e. The van der Waals surface area contributed by atoms with Gasteiger partial charge in [-0.15, -0.1) is 0 Å². The third-order valence-corrected chi connectivity index (χ3v) is 5.55. The van der Waals surface area contributed by atoms with Crippen LogP contribution in [0.15, 0.2) is 39.8 Å². The molecule has 0 saturated carbocycles. The maximum atomic E-state index is 6.12. The summed E-state index contributed by atoms with van der Waals surface area (Å²) in [6.45, 7) is 10.9. The number of anilines is 1. The predicted molar refractivity (Wildman–Crippen MR) is 124 cm³/mol. The Labute approximate surface area is 184 Å². The molecule has 0 atom stereocenters. The molecule has 1 aliphatic rings. The molecule has 0 spiro atoms. The van der Waals surface area contributed by atoms with Gasteiger partial charge in [0.25, 0.3) is 0 Å². The summed E-state index contributed by atoms with van der Waals surface area (Å²) in [4.78, 5) is 9.20. The van der Waals surface area contributed by atoms with Crippen molar-refractivity contribution in [2.75, 3.05) is 51.2 Å². The van der Waals surface area contributed by atoms with Crippen molar-refractivity contribution < 1.29 is 4.52 Å². The second-order valence-electron chi connectivity index (χ2n) is 7.89. The molecule has 2 N–H and O–H groups in total. The molecule has 30 heavy (non-hydrogen) atoms. The Morgan fingerprint density at radius 3 is 2.67 bits per heavy atom. The minimum Gasteiger partial charge on any atom is -0.369 e. The minimum atomic E-state index is 0.368. The van der Waals surface area contributed by atoms with Crippen molar-refractivity contribution in [3.63, 3.8) is 0 Å². The lowest BCUT2D eigenvalue weighted by atomic mass is 10.1. The zero-order valence-electron chi connectivity index (χ0n) is 18.2. The lowest BCUT2D eigenvalue weighted by Crippen LogP contribution is -2.47. The number of guanidine groups is 1. The van der Waals surface area contributed by atoms with E-state index in [1.165, 1.54) is 5.69 Å². The van der Waals surface area contributed by atoms with Gasteiger partial charge >= 0.3 is 0 Å². The van der Waals surface area contributed by atoms with Gasteiger partial charge in [-0.25, -0.2) is 0 Å². The van der Waals surface area contributed by atoms with Crippen LogP contribution in [0.2, 0.25) is 5.02 Å². The quantitative estimate of drug-likeness (QED) is 0.379. The van der Waals surface area contributed by atoms with Gasteiger partial charge in [0, 0.05) is 56.5 Å². The van der Waals surface area contributed by atoms with Crippen LogP contribution in [0.1, 0.15) is 37.6 Å².